The van der Waals surface area contributed by atoms with Gasteiger partial charge in [-0.25, -0.2) is 9.78 Å². The van der Waals surface area contributed by atoms with Gasteiger partial charge in [0.25, 0.3) is 0 Å². The van der Waals surface area contributed by atoms with E-state index in [4.69, 9.17) is 4.74 Å². The van der Waals surface area contributed by atoms with Gasteiger partial charge in [-0.2, -0.15) is 0 Å². The summed E-state index contributed by atoms with van der Waals surface area (Å²) in [6.07, 6.45) is 1.71. The Morgan fingerprint density at radius 2 is 1.93 bits per heavy atom. The summed E-state index contributed by atoms with van der Waals surface area (Å²) in [4.78, 5) is 43.9. The number of aromatic amines is 1. The summed E-state index contributed by atoms with van der Waals surface area (Å²) in [5.74, 6) is -1.08. The number of H-pyrrole nitrogens is 1. The lowest BCUT2D eigenvalue weighted by Crippen LogP contribution is -2.16. The molecule has 8 heteroatoms. The molecular weight excluding hydrogens is 378 g/mol. The zero-order valence-electron chi connectivity index (χ0n) is 16.4. The minimum absolute atomic E-state index is 0.129. The molecule has 0 bridgehead atoms. The van der Waals surface area contributed by atoms with E-state index in [2.05, 4.69) is 9.97 Å². The van der Waals surface area contributed by atoms with Crippen molar-refractivity contribution in [2.45, 2.75) is 34.6 Å². The maximum atomic E-state index is 12.6. The molecule has 3 aromatic heterocycles. The number of aromatic nitrogens is 3. The zero-order chi connectivity index (χ0) is 20.6. The van der Waals surface area contributed by atoms with Crippen molar-refractivity contribution in [1.82, 2.24) is 14.5 Å². The Bertz CT molecular complexity index is 1070. The molecule has 0 unspecified atom stereocenters. The Kier molecular flexibility index (Phi) is 5.33. The van der Waals surface area contributed by atoms with Crippen LogP contribution in [-0.2, 0) is 4.74 Å². The lowest BCUT2D eigenvalue weighted by Gasteiger charge is -2.06. The van der Waals surface area contributed by atoms with Crippen molar-refractivity contribution < 1.29 is 19.1 Å². The number of nitrogens with zero attached hydrogens (tertiary/aromatic N) is 2. The minimum Gasteiger partial charge on any atom is -0.453 e. The molecule has 3 rings (SSSR count). The van der Waals surface area contributed by atoms with Gasteiger partial charge in [-0.15, -0.1) is 11.3 Å². The number of nitrogens with one attached hydrogen (secondary N) is 1. The number of hydrogen-bond donors (Lipinski definition) is 1. The predicted octanol–water partition coefficient (Wildman–Crippen LogP) is 3.74. The highest BCUT2D eigenvalue weighted by Crippen LogP contribution is 2.23. The second-order valence-electron chi connectivity index (χ2n) is 6.62. The van der Waals surface area contributed by atoms with E-state index in [1.54, 1.807) is 26.1 Å². The van der Waals surface area contributed by atoms with Crippen LogP contribution in [0, 0.1) is 27.7 Å². The molecule has 0 spiro atoms. The van der Waals surface area contributed by atoms with Crippen LogP contribution in [0.15, 0.2) is 17.6 Å². The smallest absolute Gasteiger partial charge is 0.355 e. The van der Waals surface area contributed by atoms with E-state index < -0.39 is 5.97 Å². The number of hydrogen-bond acceptors (Lipinski definition) is 6. The summed E-state index contributed by atoms with van der Waals surface area (Å²) >= 11 is 1.48. The first-order chi connectivity index (χ1) is 13.2. The second-order valence-corrected chi connectivity index (χ2v) is 7.49. The molecule has 146 valence electrons. The van der Waals surface area contributed by atoms with Gasteiger partial charge in [0.15, 0.2) is 17.5 Å². The summed E-state index contributed by atoms with van der Waals surface area (Å²) in [5, 5.41) is 2.65. The Hall–Kier alpha value is -3.00. The van der Waals surface area contributed by atoms with Gasteiger partial charge >= 0.3 is 5.97 Å². The van der Waals surface area contributed by atoms with E-state index in [0.717, 1.165) is 16.5 Å². The fraction of sp³-hybridized carbons (Fsp3) is 0.300. The highest BCUT2D eigenvalue weighted by atomic mass is 32.1. The van der Waals surface area contributed by atoms with Crippen molar-refractivity contribution >= 4 is 28.9 Å². The van der Waals surface area contributed by atoms with Gasteiger partial charge in [-0.05, 0) is 46.2 Å². The average molecular weight is 399 g/mol. The summed E-state index contributed by atoms with van der Waals surface area (Å²) in [6.45, 7) is 8.19. The lowest BCUT2D eigenvalue weighted by atomic mass is 10.1. The van der Waals surface area contributed by atoms with Crippen LogP contribution in [0.5, 0.6) is 0 Å². The highest BCUT2D eigenvalue weighted by Gasteiger charge is 2.23. The van der Waals surface area contributed by atoms with Gasteiger partial charge < -0.3 is 9.72 Å². The predicted molar refractivity (Wildman–Crippen MR) is 106 cm³/mol. The molecule has 0 atom stereocenters. The molecule has 1 N–H and O–H groups in total. The van der Waals surface area contributed by atoms with Crippen LogP contribution in [0.1, 0.15) is 60.8 Å². The Morgan fingerprint density at radius 1 is 1.21 bits per heavy atom. The first-order valence-electron chi connectivity index (χ1n) is 8.71. The molecule has 0 aromatic carbocycles. The molecule has 0 aliphatic heterocycles. The maximum Gasteiger partial charge on any atom is 0.355 e. The third-order valence-corrected chi connectivity index (χ3v) is 5.43. The summed E-state index contributed by atoms with van der Waals surface area (Å²) in [7, 11) is 0. The minimum atomic E-state index is -0.657. The zero-order valence-corrected chi connectivity index (χ0v) is 17.2. The van der Waals surface area contributed by atoms with Crippen LogP contribution in [0.25, 0.3) is 5.13 Å². The number of ketones is 2. The van der Waals surface area contributed by atoms with E-state index in [0.29, 0.717) is 22.4 Å². The quantitative estimate of drug-likeness (QED) is 0.503. The maximum absolute atomic E-state index is 12.6. The second kappa shape index (κ2) is 7.55. The molecule has 0 saturated carbocycles. The Morgan fingerprint density at radius 3 is 2.50 bits per heavy atom. The van der Waals surface area contributed by atoms with Gasteiger partial charge in [0.1, 0.15) is 5.69 Å². The van der Waals surface area contributed by atoms with Crippen molar-refractivity contribution in [3.05, 3.63) is 57.1 Å². The van der Waals surface area contributed by atoms with Crippen LogP contribution in [0.3, 0.4) is 0 Å². The van der Waals surface area contributed by atoms with Gasteiger partial charge in [-0.1, -0.05) is 0 Å². The van der Waals surface area contributed by atoms with E-state index in [-0.39, 0.29) is 23.9 Å². The molecule has 0 amide bonds. The van der Waals surface area contributed by atoms with Gasteiger partial charge in [0, 0.05) is 39.8 Å². The fourth-order valence-electron chi connectivity index (χ4n) is 3.43. The molecule has 0 fully saturated rings. The summed E-state index contributed by atoms with van der Waals surface area (Å²) in [5.41, 5.74) is 3.93. The average Bonchev–Trinajstić information content (AvgIpc) is 3.31. The molecule has 0 aliphatic rings. The molecular formula is C20H21N3O4S. The standard InChI is InChI=1S/C20H21N3O4S/c1-10-8-15(13(4)23(10)20-21-6-7-28-20)16(25)9-27-19(26)18-11(2)17(14(5)24)12(3)22-18/h6-8,22H,9H2,1-5H3. The number of aryl methyl sites for hydroxylation is 2. The number of thiazole rings is 1. The summed E-state index contributed by atoms with van der Waals surface area (Å²) in [6, 6.07) is 1.77. The van der Waals surface area contributed by atoms with Crippen LogP contribution >= 0.6 is 11.3 Å². The number of ether oxygens (including phenoxy) is 1. The fourth-order valence-corrected chi connectivity index (χ4v) is 4.18. The van der Waals surface area contributed by atoms with E-state index in [1.165, 1.54) is 18.3 Å². The molecule has 28 heavy (non-hydrogen) atoms. The van der Waals surface area contributed by atoms with Crippen LogP contribution in [-0.4, -0.2) is 38.7 Å². The highest BCUT2D eigenvalue weighted by molar-refractivity contribution is 7.12. The summed E-state index contributed by atoms with van der Waals surface area (Å²) < 4.78 is 7.11. The Balaban J connectivity index is 1.77. The van der Waals surface area contributed by atoms with Crippen LogP contribution < -0.4 is 0 Å². The van der Waals surface area contributed by atoms with Gasteiger partial charge in [-0.3, -0.25) is 14.2 Å². The van der Waals surface area contributed by atoms with Gasteiger partial charge in [0.05, 0.1) is 0 Å². The van der Waals surface area contributed by atoms with Crippen LogP contribution in [0.4, 0.5) is 0 Å². The van der Waals surface area contributed by atoms with E-state index in [1.807, 2.05) is 23.8 Å². The monoisotopic (exact) mass is 399 g/mol. The van der Waals surface area contributed by atoms with Crippen LogP contribution in [0.2, 0.25) is 0 Å². The van der Waals surface area contributed by atoms with Crippen molar-refractivity contribution in [3.63, 3.8) is 0 Å². The molecule has 0 saturated heterocycles. The van der Waals surface area contributed by atoms with E-state index >= 15 is 0 Å². The molecule has 7 nitrogen and oxygen atoms in total. The Labute approximate surface area is 166 Å². The topological polar surface area (TPSA) is 94.0 Å². The van der Waals surface area contributed by atoms with E-state index in [9.17, 15) is 14.4 Å². The van der Waals surface area contributed by atoms with Crippen molar-refractivity contribution in [1.29, 1.82) is 0 Å². The molecule has 0 radical (unpaired) electrons. The van der Waals surface area contributed by atoms with Crippen molar-refractivity contribution in [2.75, 3.05) is 6.61 Å². The number of Topliss-reactive ketones (excluding diaryl/α,β-unsaturated/α-hetero) is 2. The normalized spacial score (nSPS) is 10.9. The number of rotatable bonds is 6. The number of carbonyl (C=O) groups excluding carboxylic acids is 3. The largest absolute Gasteiger partial charge is 0.453 e. The third-order valence-electron chi connectivity index (χ3n) is 4.67. The third kappa shape index (κ3) is 3.43. The molecule has 3 aromatic rings. The molecule has 3 heterocycles. The van der Waals surface area contributed by atoms with Crippen molar-refractivity contribution in [2.24, 2.45) is 0 Å². The first kappa shape index (κ1) is 19.8. The first-order valence-corrected chi connectivity index (χ1v) is 9.59. The van der Waals surface area contributed by atoms with Crippen molar-refractivity contribution in [3.8, 4) is 5.13 Å². The molecule has 0 aliphatic carbocycles. The lowest BCUT2D eigenvalue weighted by molar-refractivity contribution is 0.0468. The van der Waals surface area contributed by atoms with Gasteiger partial charge in [0.2, 0.25) is 5.78 Å². The number of carbonyl (C=O) groups is 3. The number of esters is 1. The SMILES string of the molecule is CC(=O)c1c(C)[nH]c(C(=O)OCC(=O)c2cc(C)n(-c3nccs3)c2C)c1C.